The molecule has 0 fully saturated rings. The summed E-state index contributed by atoms with van der Waals surface area (Å²) < 4.78 is 0. The van der Waals surface area contributed by atoms with Gasteiger partial charge in [-0.2, -0.15) is 0 Å². The highest BCUT2D eigenvalue weighted by atomic mass is 16.4. The van der Waals surface area contributed by atoms with Crippen molar-refractivity contribution in [1.82, 2.24) is 10.6 Å². The van der Waals surface area contributed by atoms with Crippen molar-refractivity contribution >= 4 is 23.8 Å². The number of aliphatic carboxylic acids is 2. The van der Waals surface area contributed by atoms with Crippen molar-refractivity contribution in [2.75, 3.05) is 6.61 Å². The van der Waals surface area contributed by atoms with Crippen LogP contribution in [-0.2, 0) is 19.2 Å². The van der Waals surface area contributed by atoms with Gasteiger partial charge in [0.2, 0.25) is 11.8 Å². The van der Waals surface area contributed by atoms with E-state index < -0.39 is 61.0 Å². The van der Waals surface area contributed by atoms with Gasteiger partial charge in [-0.3, -0.25) is 14.4 Å². The molecule has 4 unspecified atom stereocenters. The number of nitrogens with one attached hydrogen (secondary N) is 2. The number of hydrogen-bond donors (Lipinski definition) is 7. The summed E-state index contributed by atoms with van der Waals surface area (Å²) >= 11 is 0. The van der Waals surface area contributed by atoms with Crippen LogP contribution in [-0.4, -0.2) is 75.0 Å². The number of nitrogens with two attached hydrogens (primary N) is 1. The molecule has 2 amide bonds. The zero-order valence-electron chi connectivity index (χ0n) is 11.7. The van der Waals surface area contributed by atoms with Gasteiger partial charge in [-0.25, -0.2) is 4.79 Å². The molecular formula is C11H19N3O8. The van der Waals surface area contributed by atoms with E-state index in [9.17, 15) is 24.3 Å². The predicted molar refractivity (Wildman–Crippen MR) is 70.5 cm³/mol. The quantitative estimate of drug-likeness (QED) is 0.222. The Morgan fingerprint density at radius 1 is 1.09 bits per heavy atom. The second kappa shape index (κ2) is 8.92. The maximum Gasteiger partial charge on any atom is 0.328 e. The lowest BCUT2D eigenvalue weighted by Gasteiger charge is -2.22. The Bertz CT molecular complexity index is 439. The zero-order chi connectivity index (χ0) is 17.4. The molecule has 11 nitrogen and oxygen atoms in total. The first kappa shape index (κ1) is 19.8. The van der Waals surface area contributed by atoms with Gasteiger partial charge in [0.15, 0.2) is 6.04 Å². The lowest BCUT2D eigenvalue weighted by Crippen LogP contribution is -2.57. The molecule has 0 saturated carbocycles. The maximum absolute atomic E-state index is 11.8. The molecule has 8 N–H and O–H groups in total. The van der Waals surface area contributed by atoms with Crippen LogP contribution in [0.5, 0.6) is 0 Å². The van der Waals surface area contributed by atoms with E-state index >= 15 is 0 Å². The maximum atomic E-state index is 11.8. The Morgan fingerprint density at radius 2 is 1.64 bits per heavy atom. The van der Waals surface area contributed by atoms with E-state index in [4.69, 9.17) is 21.1 Å². The molecule has 0 aliphatic rings. The van der Waals surface area contributed by atoms with Gasteiger partial charge in [0.05, 0.1) is 25.2 Å². The van der Waals surface area contributed by atoms with E-state index in [1.807, 2.05) is 10.6 Å². The number of aliphatic hydroxyl groups is 2. The van der Waals surface area contributed by atoms with Gasteiger partial charge in [-0.15, -0.1) is 0 Å². The Labute approximate surface area is 125 Å². The molecule has 0 rings (SSSR count). The number of aliphatic hydroxyl groups excluding tert-OH is 2. The molecule has 11 heteroatoms. The number of carboxylic acid groups (broad SMARTS) is 2. The summed E-state index contributed by atoms with van der Waals surface area (Å²) in [4.78, 5) is 44.6. The average molecular weight is 321 g/mol. The van der Waals surface area contributed by atoms with Crippen LogP contribution < -0.4 is 16.4 Å². The highest BCUT2D eigenvalue weighted by molar-refractivity contribution is 5.93. The number of carboxylic acids is 2. The summed E-state index contributed by atoms with van der Waals surface area (Å²) in [6.07, 6.45) is -2.09. The fourth-order valence-electron chi connectivity index (χ4n) is 1.40. The van der Waals surface area contributed by atoms with Crippen molar-refractivity contribution in [2.24, 2.45) is 5.73 Å². The van der Waals surface area contributed by atoms with Crippen molar-refractivity contribution in [3.05, 3.63) is 0 Å². The van der Waals surface area contributed by atoms with E-state index in [0.29, 0.717) is 0 Å². The summed E-state index contributed by atoms with van der Waals surface area (Å²) in [5.74, 6) is -4.89. The summed E-state index contributed by atoms with van der Waals surface area (Å²) in [5.41, 5.74) is 5.28. The molecule has 126 valence electrons. The summed E-state index contributed by atoms with van der Waals surface area (Å²) in [6, 6.07) is -4.61. The Balaban J connectivity index is 4.75. The second-order valence-corrected chi connectivity index (χ2v) is 4.51. The van der Waals surface area contributed by atoms with E-state index in [1.54, 1.807) is 0 Å². The molecule has 0 aromatic rings. The number of rotatable bonds is 9. The molecule has 4 atom stereocenters. The average Bonchev–Trinajstić information content (AvgIpc) is 2.39. The molecule has 0 spiro atoms. The Morgan fingerprint density at radius 3 is 2.00 bits per heavy atom. The third kappa shape index (κ3) is 6.47. The standard InChI is InChI=1S/C11H19N3O8/c1-4(16)8(11(21)22)14-10(20)6(3-15)13-9(19)5(12)2-7(17)18/h4-6,8,15-16H,2-3,12H2,1H3,(H,13,19)(H,14,20)(H,17,18)(H,21,22). The van der Waals surface area contributed by atoms with Gasteiger partial charge in [-0.1, -0.05) is 0 Å². The van der Waals surface area contributed by atoms with E-state index in [-0.39, 0.29) is 0 Å². The zero-order valence-corrected chi connectivity index (χ0v) is 11.7. The van der Waals surface area contributed by atoms with Gasteiger partial charge < -0.3 is 36.8 Å². The number of carbonyl (C=O) groups is 4. The summed E-state index contributed by atoms with van der Waals surface area (Å²) in [7, 11) is 0. The van der Waals surface area contributed by atoms with Crippen LogP contribution in [0.4, 0.5) is 0 Å². The molecule has 0 aliphatic heterocycles. The van der Waals surface area contributed by atoms with Crippen molar-refractivity contribution < 1.29 is 39.6 Å². The molecule has 0 bridgehead atoms. The fraction of sp³-hybridized carbons (Fsp3) is 0.636. The van der Waals surface area contributed by atoms with Crippen molar-refractivity contribution in [2.45, 2.75) is 37.6 Å². The van der Waals surface area contributed by atoms with Crippen LogP contribution in [0.1, 0.15) is 13.3 Å². The minimum atomic E-state index is -1.63. The highest BCUT2D eigenvalue weighted by Gasteiger charge is 2.30. The van der Waals surface area contributed by atoms with Gasteiger partial charge in [0.1, 0.15) is 6.04 Å². The van der Waals surface area contributed by atoms with E-state index in [2.05, 4.69) is 0 Å². The normalized spacial score (nSPS) is 16.0. The third-order valence-corrected chi connectivity index (χ3v) is 2.59. The molecular weight excluding hydrogens is 302 g/mol. The second-order valence-electron chi connectivity index (χ2n) is 4.51. The first-order valence-corrected chi connectivity index (χ1v) is 6.20. The first-order chi connectivity index (χ1) is 10.1. The SMILES string of the molecule is CC(O)C(NC(=O)C(CO)NC(=O)C(N)CC(=O)O)C(=O)O. The van der Waals surface area contributed by atoms with Gasteiger partial charge in [0, 0.05) is 0 Å². The van der Waals surface area contributed by atoms with Crippen molar-refractivity contribution in [1.29, 1.82) is 0 Å². The predicted octanol–water partition coefficient (Wildman–Crippen LogP) is -3.78. The monoisotopic (exact) mass is 321 g/mol. The summed E-state index contributed by atoms with van der Waals surface area (Å²) in [6.45, 7) is 0.262. The molecule has 0 heterocycles. The van der Waals surface area contributed by atoms with E-state index in [1.165, 1.54) is 0 Å². The van der Waals surface area contributed by atoms with Crippen LogP contribution in [0.2, 0.25) is 0 Å². The van der Waals surface area contributed by atoms with Gasteiger partial charge in [-0.05, 0) is 6.92 Å². The van der Waals surface area contributed by atoms with Crippen molar-refractivity contribution in [3.63, 3.8) is 0 Å². The molecule has 0 aromatic heterocycles. The summed E-state index contributed by atoms with van der Waals surface area (Å²) in [5, 5.41) is 39.5. The topological polar surface area (TPSA) is 199 Å². The molecule has 0 aromatic carbocycles. The van der Waals surface area contributed by atoms with Crippen LogP contribution in [0.15, 0.2) is 0 Å². The van der Waals surface area contributed by atoms with Crippen LogP contribution in [0.25, 0.3) is 0 Å². The van der Waals surface area contributed by atoms with Crippen molar-refractivity contribution in [3.8, 4) is 0 Å². The van der Waals surface area contributed by atoms with Crippen LogP contribution in [0, 0.1) is 0 Å². The first-order valence-electron chi connectivity index (χ1n) is 6.20. The molecule has 0 aliphatic carbocycles. The Hall–Kier alpha value is -2.24. The lowest BCUT2D eigenvalue weighted by molar-refractivity contribution is -0.145. The van der Waals surface area contributed by atoms with Gasteiger partial charge >= 0.3 is 11.9 Å². The molecule has 0 radical (unpaired) electrons. The Kier molecular flexibility index (Phi) is 8.01. The van der Waals surface area contributed by atoms with Gasteiger partial charge in [0.25, 0.3) is 0 Å². The third-order valence-electron chi connectivity index (χ3n) is 2.59. The van der Waals surface area contributed by atoms with Crippen LogP contribution in [0.3, 0.4) is 0 Å². The van der Waals surface area contributed by atoms with E-state index in [0.717, 1.165) is 6.92 Å². The fourth-order valence-corrected chi connectivity index (χ4v) is 1.40. The van der Waals surface area contributed by atoms with Crippen LogP contribution >= 0.6 is 0 Å². The number of amides is 2. The smallest absolute Gasteiger partial charge is 0.328 e. The lowest BCUT2D eigenvalue weighted by atomic mass is 10.1. The number of carbonyl (C=O) groups excluding carboxylic acids is 2. The largest absolute Gasteiger partial charge is 0.481 e. The number of hydrogen-bond acceptors (Lipinski definition) is 7. The highest BCUT2D eigenvalue weighted by Crippen LogP contribution is 1.96. The molecule has 22 heavy (non-hydrogen) atoms. The minimum absolute atomic E-state index is 0.684. The molecule has 0 saturated heterocycles. The minimum Gasteiger partial charge on any atom is -0.481 e.